The number of nitrogens with one attached hydrogen (secondary N) is 2. The second-order valence-electron chi connectivity index (χ2n) is 5.08. The average molecular weight is 294 g/mol. The summed E-state index contributed by atoms with van der Waals surface area (Å²) in [6.07, 6.45) is 4.42. The van der Waals surface area contributed by atoms with Crippen molar-refractivity contribution < 1.29 is 5.11 Å². The summed E-state index contributed by atoms with van der Waals surface area (Å²) in [5, 5.41) is 20.7. The molecule has 1 aliphatic rings. The first-order chi connectivity index (χ1) is 9.74. The van der Waals surface area contributed by atoms with Gasteiger partial charge in [0.15, 0.2) is 0 Å². The first-order valence-corrected chi connectivity index (χ1v) is 6.99. The first-order valence-electron chi connectivity index (χ1n) is 6.61. The zero-order chi connectivity index (χ0) is 13.9. The Labute approximate surface area is 121 Å². The lowest BCUT2D eigenvalue weighted by Crippen LogP contribution is -2.22. The van der Waals surface area contributed by atoms with E-state index in [0.717, 1.165) is 12.2 Å². The molecule has 0 amide bonds. The van der Waals surface area contributed by atoms with E-state index in [1.807, 2.05) is 0 Å². The Hall–Kier alpha value is -1.66. The number of anilines is 1. The van der Waals surface area contributed by atoms with Gasteiger partial charge in [0.1, 0.15) is 18.0 Å². The van der Waals surface area contributed by atoms with Crippen molar-refractivity contribution >= 4 is 17.4 Å². The summed E-state index contributed by atoms with van der Waals surface area (Å²) in [5.74, 6) is 1.90. The van der Waals surface area contributed by atoms with Crippen LogP contribution in [0.25, 0.3) is 0 Å². The molecule has 2 aromatic rings. The van der Waals surface area contributed by atoms with Crippen LogP contribution in [0.5, 0.6) is 0 Å². The molecule has 2 aromatic heterocycles. The van der Waals surface area contributed by atoms with Gasteiger partial charge >= 0.3 is 0 Å². The molecule has 0 spiro atoms. The van der Waals surface area contributed by atoms with Gasteiger partial charge in [-0.25, -0.2) is 9.97 Å². The molecular formula is C13H16ClN5O. The Morgan fingerprint density at radius 1 is 1.40 bits per heavy atom. The SMILES string of the molecule is O[C@H]1C[C@H](c2ncn[nH]2)C[C@H]1CNc1ncccc1Cl. The van der Waals surface area contributed by atoms with Crippen LogP contribution in [0, 0.1) is 5.92 Å². The minimum absolute atomic E-state index is 0.156. The Morgan fingerprint density at radius 2 is 2.30 bits per heavy atom. The van der Waals surface area contributed by atoms with Crippen LogP contribution >= 0.6 is 11.6 Å². The molecule has 2 heterocycles. The van der Waals surface area contributed by atoms with E-state index in [2.05, 4.69) is 25.5 Å². The van der Waals surface area contributed by atoms with Crippen molar-refractivity contribution in [1.29, 1.82) is 0 Å². The molecule has 3 atom stereocenters. The number of H-pyrrole nitrogens is 1. The van der Waals surface area contributed by atoms with Crippen LogP contribution in [0.15, 0.2) is 24.7 Å². The molecule has 1 saturated carbocycles. The highest BCUT2D eigenvalue weighted by Gasteiger charge is 2.35. The molecule has 7 heteroatoms. The van der Waals surface area contributed by atoms with E-state index >= 15 is 0 Å². The van der Waals surface area contributed by atoms with Gasteiger partial charge in [0.2, 0.25) is 0 Å². The van der Waals surface area contributed by atoms with Crippen LogP contribution in [0.1, 0.15) is 24.6 Å². The van der Waals surface area contributed by atoms with Gasteiger partial charge in [-0.3, -0.25) is 5.10 Å². The quantitative estimate of drug-likeness (QED) is 0.800. The molecule has 0 bridgehead atoms. The zero-order valence-electron chi connectivity index (χ0n) is 10.8. The topological polar surface area (TPSA) is 86.7 Å². The van der Waals surface area contributed by atoms with Crippen LogP contribution in [-0.4, -0.2) is 37.9 Å². The van der Waals surface area contributed by atoms with Gasteiger partial charge in [-0.2, -0.15) is 5.10 Å². The Morgan fingerprint density at radius 3 is 3.05 bits per heavy atom. The lowest BCUT2D eigenvalue weighted by atomic mass is 10.0. The van der Waals surface area contributed by atoms with Crippen LogP contribution < -0.4 is 5.32 Å². The summed E-state index contributed by atoms with van der Waals surface area (Å²) in [4.78, 5) is 8.35. The summed E-state index contributed by atoms with van der Waals surface area (Å²) >= 11 is 6.05. The standard InChI is InChI=1S/C13H16ClN5O/c14-10-2-1-3-15-13(10)16-6-9-4-8(5-11(9)20)12-17-7-18-19-12/h1-3,7-9,11,20H,4-6H2,(H,15,16)(H,17,18,19)/t8-,9+,11+/m1/s1. The summed E-state index contributed by atoms with van der Waals surface area (Å²) < 4.78 is 0. The van der Waals surface area contributed by atoms with Gasteiger partial charge in [0.25, 0.3) is 0 Å². The largest absolute Gasteiger partial charge is 0.393 e. The fraction of sp³-hybridized carbons (Fsp3) is 0.462. The van der Waals surface area contributed by atoms with Gasteiger partial charge < -0.3 is 10.4 Å². The van der Waals surface area contributed by atoms with E-state index in [9.17, 15) is 5.11 Å². The van der Waals surface area contributed by atoms with Crippen molar-refractivity contribution in [2.45, 2.75) is 24.9 Å². The summed E-state index contributed by atoms with van der Waals surface area (Å²) in [6.45, 7) is 0.641. The van der Waals surface area contributed by atoms with Crippen LogP contribution in [0.2, 0.25) is 5.02 Å². The van der Waals surface area contributed by atoms with E-state index in [0.29, 0.717) is 23.8 Å². The number of hydrogen-bond donors (Lipinski definition) is 3. The molecule has 6 nitrogen and oxygen atoms in total. The second-order valence-corrected chi connectivity index (χ2v) is 5.49. The Kier molecular flexibility index (Phi) is 3.84. The van der Waals surface area contributed by atoms with Crippen molar-refractivity contribution in [3.05, 3.63) is 35.5 Å². The number of hydrogen-bond acceptors (Lipinski definition) is 5. The highest BCUT2D eigenvalue weighted by Crippen LogP contribution is 2.37. The summed E-state index contributed by atoms with van der Waals surface area (Å²) in [5.41, 5.74) is 0. The summed E-state index contributed by atoms with van der Waals surface area (Å²) in [7, 11) is 0. The van der Waals surface area contributed by atoms with E-state index < -0.39 is 0 Å². The minimum atomic E-state index is -0.347. The van der Waals surface area contributed by atoms with Crippen LogP contribution in [0.3, 0.4) is 0 Å². The number of aliphatic hydroxyl groups is 1. The van der Waals surface area contributed by atoms with Crippen molar-refractivity contribution in [3.8, 4) is 0 Å². The average Bonchev–Trinajstić information content (AvgIpc) is 3.07. The van der Waals surface area contributed by atoms with Crippen molar-refractivity contribution in [2.24, 2.45) is 5.92 Å². The molecule has 0 saturated heterocycles. The lowest BCUT2D eigenvalue weighted by molar-refractivity contribution is 0.137. The molecule has 0 radical (unpaired) electrons. The number of halogens is 1. The molecule has 0 unspecified atom stereocenters. The molecular weight excluding hydrogens is 278 g/mol. The van der Waals surface area contributed by atoms with Crippen molar-refractivity contribution in [2.75, 3.05) is 11.9 Å². The molecule has 0 aliphatic heterocycles. The van der Waals surface area contributed by atoms with Gasteiger partial charge in [-0.05, 0) is 25.0 Å². The molecule has 20 heavy (non-hydrogen) atoms. The second kappa shape index (κ2) is 5.76. The maximum absolute atomic E-state index is 10.2. The van der Waals surface area contributed by atoms with Gasteiger partial charge in [-0.15, -0.1) is 0 Å². The highest BCUT2D eigenvalue weighted by atomic mass is 35.5. The molecule has 3 N–H and O–H groups in total. The van der Waals surface area contributed by atoms with E-state index in [1.165, 1.54) is 6.33 Å². The monoisotopic (exact) mass is 293 g/mol. The first kappa shape index (κ1) is 13.3. The van der Waals surface area contributed by atoms with Crippen molar-refractivity contribution in [3.63, 3.8) is 0 Å². The lowest BCUT2D eigenvalue weighted by Gasteiger charge is -2.15. The maximum Gasteiger partial charge on any atom is 0.144 e. The van der Waals surface area contributed by atoms with E-state index in [1.54, 1.807) is 18.3 Å². The Bertz CT molecular complexity index is 562. The highest BCUT2D eigenvalue weighted by molar-refractivity contribution is 6.32. The zero-order valence-corrected chi connectivity index (χ0v) is 11.6. The molecule has 3 rings (SSSR count). The minimum Gasteiger partial charge on any atom is -0.393 e. The number of aromatic nitrogens is 4. The number of pyridine rings is 1. The molecule has 1 aliphatic carbocycles. The van der Waals surface area contributed by atoms with Gasteiger partial charge in [0, 0.05) is 24.6 Å². The summed E-state index contributed by atoms with van der Waals surface area (Å²) in [6, 6.07) is 3.58. The van der Waals surface area contributed by atoms with Gasteiger partial charge in [0.05, 0.1) is 11.1 Å². The van der Waals surface area contributed by atoms with E-state index in [-0.39, 0.29) is 17.9 Å². The normalized spacial score (nSPS) is 25.8. The van der Waals surface area contributed by atoms with Crippen LogP contribution in [0.4, 0.5) is 5.82 Å². The third-order valence-corrected chi connectivity index (χ3v) is 4.07. The number of nitrogens with zero attached hydrogens (tertiary/aromatic N) is 3. The third kappa shape index (κ3) is 2.76. The molecule has 0 aromatic carbocycles. The van der Waals surface area contributed by atoms with Crippen LogP contribution in [-0.2, 0) is 0 Å². The molecule has 106 valence electrons. The van der Waals surface area contributed by atoms with E-state index in [4.69, 9.17) is 11.6 Å². The number of aliphatic hydroxyl groups excluding tert-OH is 1. The van der Waals surface area contributed by atoms with Crippen molar-refractivity contribution in [1.82, 2.24) is 20.2 Å². The fourth-order valence-corrected chi connectivity index (χ4v) is 2.89. The maximum atomic E-state index is 10.2. The predicted molar refractivity (Wildman–Crippen MR) is 75.6 cm³/mol. The van der Waals surface area contributed by atoms with Gasteiger partial charge in [-0.1, -0.05) is 11.6 Å². The number of rotatable bonds is 4. The third-order valence-electron chi connectivity index (χ3n) is 3.77. The predicted octanol–water partition coefficient (Wildman–Crippen LogP) is 1.82. The Balaban J connectivity index is 1.60. The number of aromatic amines is 1. The molecule has 1 fully saturated rings. The smallest absolute Gasteiger partial charge is 0.144 e. The fourth-order valence-electron chi connectivity index (χ4n) is 2.70.